The Hall–Kier alpha value is -1.10. The predicted molar refractivity (Wildman–Crippen MR) is 63.8 cm³/mol. The molecule has 0 aromatic rings. The van der Waals surface area contributed by atoms with E-state index in [0.717, 1.165) is 6.42 Å². The number of hydrogen-bond acceptors (Lipinski definition) is 3. The van der Waals surface area contributed by atoms with Crippen LogP contribution in [0, 0.1) is 0 Å². The molecule has 16 heavy (non-hydrogen) atoms. The van der Waals surface area contributed by atoms with Gasteiger partial charge in [0, 0.05) is 31.5 Å². The zero-order valence-corrected chi connectivity index (χ0v) is 10.4. The number of carbonyl (C=O) groups excluding carboxylic acids is 2. The number of nitrogens with two attached hydrogens (primary N) is 1. The Bertz CT molecular complexity index is 229. The molecule has 0 bridgehead atoms. The van der Waals surface area contributed by atoms with E-state index < -0.39 is 0 Å². The highest BCUT2D eigenvalue weighted by Crippen LogP contribution is 1.92. The molecule has 5 heteroatoms. The molecule has 0 aliphatic rings. The van der Waals surface area contributed by atoms with Crippen LogP contribution in [0.15, 0.2) is 0 Å². The fourth-order valence-electron chi connectivity index (χ4n) is 1.16. The van der Waals surface area contributed by atoms with E-state index in [1.54, 1.807) is 0 Å². The second kappa shape index (κ2) is 8.10. The van der Waals surface area contributed by atoms with Crippen molar-refractivity contribution in [3.8, 4) is 0 Å². The van der Waals surface area contributed by atoms with Gasteiger partial charge in [0.15, 0.2) is 0 Å². The minimum absolute atomic E-state index is 0.0462. The zero-order chi connectivity index (χ0) is 12.6. The van der Waals surface area contributed by atoms with Crippen LogP contribution in [-0.4, -0.2) is 30.4 Å². The summed E-state index contributed by atoms with van der Waals surface area (Å²) in [4.78, 5) is 22.5. The summed E-state index contributed by atoms with van der Waals surface area (Å²) in [6.45, 7) is 6.11. The molecule has 0 aromatic carbocycles. The molecule has 0 aliphatic carbocycles. The van der Waals surface area contributed by atoms with Gasteiger partial charge >= 0.3 is 0 Å². The summed E-state index contributed by atoms with van der Waals surface area (Å²) in [5.41, 5.74) is 5.63. The fraction of sp³-hybridized carbons (Fsp3) is 0.818. The van der Waals surface area contributed by atoms with Gasteiger partial charge in [-0.05, 0) is 20.3 Å². The first kappa shape index (κ1) is 14.9. The van der Waals surface area contributed by atoms with Gasteiger partial charge in [-0.15, -0.1) is 0 Å². The van der Waals surface area contributed by atoms with Crippen molar-refractivity contribution in [2.75, 3.05) is 6.54 Å². The number of rotatable bonds is 7. The van der Waals surface area contributed by atoms with Gasteiger partial charge in [-0.1, -0.05) is 6.92 Å². The van der Waals surface area contributed by atoms with Gasteiger partial charge in [0.25, 0.3) is 0 Å². The smallest absolute Gasteiger partial charge is 0.221 e. The summed E-state index contributed by atoms with van der Waals surface area (Å²) in [6.07, 6.45) is 1.41. The van der Waals surface area contributed by atoms with E-state index >= 15 is 0 Å². The summed E-state index contributed by atoms with van der Waals surface area (Å²) in [7, 11) is 0. The molecule has 0 rings (SSSR count). The normalized spacial score (nSPS) is 12.3. The second-order valence-corrected chi connectivity index (χ2v) is 4.19. The molecule has 0 saturated heterocycles. The first-order chi connectivity index (χ1) is 7.45. The van der Waals surface area contributed by atoms with Crippen LogP contribution in [0.1, 0.15) is 40.0 Å². The zero-order valence-electron chi connectivity index (χ0n) is 10.4. The molecule has 94 valence electrons. The molecule has 1 atom stereocenters. The van der Waals surface area contributed by atoms with Crippen LogP contribution in [0.5, 0.6) is 0 Å². The Morgan fingerprint density at radius 1 is 1.25 bits per heavy atom. The molecule has 5 nitrogen and oxygen atoms in total. The topological polar surface area (TPSA) is 84.2 Å². The van der Waals surface area contributed by atoms with Gasteiger partial charge < -0.3 is 16.4 Å². The predicted octanol–water partition coefficient (Wildman–Crippen LogP) is 0.145. The molecule has 0 spiro atoms. The molecular weight excluding hydrogens is 206 g/mol. The number of hydrogen-bond donors (Lipinski definition) is 3. The lowest BCUT2D eigenvalue weighted by molar-refractivity contribution is -0.122. The van der Waals surface area contributed by atoms with Crippen molar-refractivity contribution < 1.29 is 9.59 Å². The minimum atomic E-state index is -0.0931. The molecule has 0 aliphatic heterocycles. The fourth-order valence-corrected chi connectivity index (χ4v) is 1.16. The van der Waals surface area contributed by atoms with Gasteiger partial charge in [-0.3, -0.25) is 9.59 Å². The first-order valence-corrected chi connectivity index (χ1v) is 5.77. The maximum Gasteiger partial charge on any atom is 0.221 e. The molecule has 1 unspecified atom stereocenters. The highest BCUT2D eigenvalue weighted by molar-refractivity contribution is 5.79. The number of amides is 2. The second-order valence-electron chi connectivity index (χ2n) is 4.19. The van der Waals surface area contributed by atoms with E-state index in [1.165, 1.54) is 0 Å². The molecule has 0 fully saturated rings. The standard InChI is InChI=1S/C11H23N3O2/c1-4-9(12)7-11(16)13-6-5-10(15)14-8(2)3/h8-9H,4-7,12H2,1-3H3,(H,13,16)(H,14,15). The molecule has 0 saturated carbocycles. The van der Waals surface area contributed by atoms with Crippen molar-refractivity contribution in [3.63, 3.8) is 0 Å². The van der Waals surface area contributed by atoms with Crippen LogP contribution in [0.25, 0.3) is 0 Å². The molecule has 2 amide bonds. The summed E-state index contributed by atoms with van der Waals surface area (Å²) >= 11 is 0. The molecule has 0 heterocycles. The van der Waals surface area contributed by atoms with Gasteiger partial charge in [-0.25, -0.2) is 0 Å². The average molecular weight is 229 g/mol. The van der Waals surface area contributed by atoms with Gasteiger partial charge in [0.05, 0.1) is 0 Å². The maximum absolute atomic E-state index is 11.3. The van der Waals surface area contributed by atoms with E-state index in [9.17, 15) is 9.59 Å². The lowest BCUT2D eigenvalue weighted by atomic mass is 10.1. The van der Waals surface area contributed by atoms with Crippen molar-refractivity contribution in [3.05, 3.63) is 0 Å². The van der Waals surface area contributed by atoms with Crippen molar-refractivity contribution in [1.29, 1.82) is 0 Å². The molecular formula is C11H23N3O2. The van der Waals surface area contributed by atoms with E-state index in [0.29, 0.717) is 19.4 Å². The van der Waals surface area contributed by atoms with Crippen LogP contribution in [0.2, 0.25) is 0 Å². The summed E-state index contributed by atoms with van der Waals surface area (Å²) < 4.78 is 0. The van der Waals surface area contributed by atoms with Crippen molar-refractivity contribution in [1.82, 2.24) is 10.6 Å². The number of nitrogens with one attached hydrogen (secondary N) is 2. The van der Waals surface area contributed by atoms with Crippen LogP contribution >= 0.6 is 0 Å². The summed E-state index contributed by atoms with van der Waals surface area (Å²) in [5.74, 6) is -0.137. The number of carbonyl (C=O) groups is 2. The van der Waals surface area contributed by atoms with Crippen LogP contribution in [0.3, 0.4) is 0 Å². The SMILES string of the molecule is CCC(N)CC(=O)NCCC(=O)NC(C)C. The van der Waals surface area contributed by atoms with E-state index in [4.69, 9.17) is 5.73 Å². The Morgan fingerprint density at radius 3 is 2.38 bits per heavy atom. The van der Waals surface area contributed by atoms with Gasteiger partial charge in [-0.2, -0.15) is 0 Å². The minimum Gasteiger partial charge on any atom is -0.356 e. The maximum atomic E-state index is 11.3. The van der Waals surface area contributed by atoms with E-state index in [-0.39, 0.29) is 23.9 Å². The van der Waals surface area contributed by atoms with Gasteiger partial charge in [0.2, 0.25) is 11.8 Å². The third kappa shape index (κ3) is 8.23. The van der Waals surface area contributed by atoms with Crippen LogP contribution < -0.4 is 16.4 Å². The molecule has 4 N–H and O–H groups in total. The van der Waals surface area contributed by atoms with Crippen LogP contribution in [0.4, 0.5) is 0 Å². The third-order valence-corrected chi connectivity index (χ3v) is 2.10. The quantitative estimate of drug-likeness (QED) is 0.581. The van der Waals surface area contributed by atoms with E-state index in [2.05, 4.69) is 10.6 Å². The highest BCUT2D eigenvalue weighted by atomic mass is 16.2. The third-order valence-electron chi connectivity index (χ3n) is 2.10. The Labute approximate surface area is 97.2 Å². The monoisotopic (exact) mass is 229 g/mol. The summed E-state index contributed by atoms with van der Waals surface area (Å²) in [6, 6.07) is 0.0428. The Balaban J connectivity index is 3.58. The lowest BCUT2D eigenvalue weighted by Crippen LogP contribution is -2.35. The molecule has 0 aromatic heterocycles. The molecule has 0 radical (unpaired) electrons. The van der Waals surface area contributed by atoms with Crippen molar-refractivity contribution in [2.45, 2.75) is 52.1 Å². The van der Waals surface area contributed by atoms with Gasteiger partial charge in [0.1, 0.15) is 0 Å². The van der Waals surface area contributed by atoms with Crippen LogP contribution in [-0.2, 0) is 9.59 Å². The Kier molecular flexibility index (Phi) is 7.54. The van der Waals surface area contributed by atoms with E-state index in [1.807, 2.05) is 20.8 Å². The average Bonchev–Trinajstić information content (AvgIpc) is 2.16. The van der Waals surface area contributed by atoms with Crippen molar-refractivity contribution >= 4 is 11.8 Å². The largest absolute Gasteiger partial charge is 0.356 e. The summed E-state index contributed by atoms with van der Waals surface area (Å²) in [5, 5.41) is 5.43. The highest BCUT2D eigenvalue weighted by Gasteiger charge is 2.08. The Morgan fingerprint density at radius 2 is 1.88 bits per heavy atom. The van der Waals surface area contributed by atoms with Crippen molar-refractivity contribution in [2.24, 2.45) is 5.73 Å². The first-order valence-electron chi connectivity index (χ1n) is 5.77. The lowest BCUT2D eigenvalue weighted by Gasteiger charge is -2.10.